The van der Waals surface area contributed by atoms with Gasteiger partial charge in [-0.15, -0.1) is 0 Å². The topological polar surface area (TPSA) is 231 Å². The molecule has 1 aromatic carbocycles. The molecule has 198 valence electrons. The molecule has 9 N–H and O–H groups in total. The summed E-state index contributed by atoms with van der Waals surface area (Å²) in [6, 6.07) is 3.41. The van der Waals surface area contributed by atoms with Crippen LogP contribution in [-0.2, 0) is 35.2 Å². The van der Waals surface area contributed by atoms with Gasteiger partial charge in [0.05, 0.1) is 12.5 Å². The first-order chi connectivity index (χ1) is 16.8. The van der Waals surface area contributed by atoms with Gasteiger partial charge in [-0.3, -0.25) is 24.0 Å². The summed E-state index contributed by atoms with van der Waals surface area (Å²) in [5.41, 5.74) is 11.3. The summed E-state index contributed by atoms with van der Waals surface area (Å²) in [6.07, 6.45) is -1.20. The minimum Gasteiger partial charge on any atom is -0.481 e. The van der Waals surface area contributed by atoms with Crippen LogP contribution in [0.25, 0.3) is 0 Å². The highest BCUT2D eigenvalue weighted by molar-refractivity contribution is 5.95. The average Bonchev–Trinajstić information content (AvgIpc) is 2.79. The van der Waals surface area contributed by atoms with E-state index >= 15 is 0 Å². The first kappa shape index (κ1) is 30.0. The number of aliphatic carboxylic acids is 2. The van der Waals surface area contributed by atoms with Crippen molar-refractivity contribution in [2.24, 2.45) is 17.4 Å². The quantitative estimate of drug-likeness (QED) is 0.146. The third kappa shape index (κ3) is 10.5. The standard InChI is InChI=1S/C23H33N5O8/c1-12(2)19(22(34)27-16(23(35)36)10-13-6-4-3-5-7-13)28-21(33)15(8-9-17(25)29)26-20(32)14(24)11-18(30)31/h3-7,12,14-16,19H,8-11,24H2,1-2H3,(H2,25,29)(H,26,32)(H,27,34)(H,28,33)(H,30,31)(H,35,36). The predicted molar refractivity (Wildman–Crippen MR) is 127 cm³/mol. The van der Waals surface area contributed by atoms with Gasteiger partial charge in [-0.1, -0.05) is 44.2 Å². The molecule has 0 heterocycles. The lowest BCUT2D eigenvalue weighted by Crippen LogP contribution is -2.58. The van der Waals surface area contributed by atoms with Gasteiger partial charge < -0.3 is 37.6 Å². The number of carboxylic acids is 2. The first-order valence-corrected chi connectivity index (χ1v) is 11.2. The van der Waals surface area contributed by atoms with E-state index in [0.29, 0.717) is 5.56 Å². The summed E-state index contributed by atoms with van der Waals surface area (Å²) in [5, 5.41) is 25.5. The fourth-order valence-corrected chi connectivity index (χ4v) is 3.22. The summed E-state index contributed by atoms with van der Waals surface area (Å²) >= 11 is 0. The van der Waals surface area contributed by atoms with Gasteiger partial charge in [-0.05, 0) is 17.9 Å². The normalized spacial score (nSPS) is 14.1. The Bertz CT molecular complexity index is 953. The second-order valence-electron chi connectivity index (χ2n) is 8.59. The maximum absolute atomic E-state index is 12.9. The Kier molecular flexibility index (Phi) is 12.0. The molecule has 4 unspecified atom stereocenters. The van der Waals surface area contributed by atoms with Crippen LogP contribution < -0.4 is 27.4 Å². The number of rotatable bonds is 15. The Morgan fingerprint density at radius 1 is 0.861 bits per heavy atom. The molecule has 0 bridgehead atoms. The summed E-state index contributed by atoms with van der Waals surface area (Å²) < 4.78 is 0. The number of nitrogens with two attached hydrogens (primary N) is 2. The van der Waals surface area contributed by atoms with Crippen LogP contribution in [0.1, 0.15) is 38.7 Å². The summed E-state index contributed by atoms with van der Waals surface area (Å²) in [4.78, 5) is 71.9. The van der Waals surface area contributed by atoms with Crippen LogP contribution in [0.3, 0.4) is 0 Å². The van der Waals surface area contributed by atoms with Crippen LogP contribution in [0, 0.1) is 5.92 Å². The molecule has 0 aromatic heterocycles. The van der Waals surface area contributed by atoms with Crippen LogP contribution in [0.4, 0.5) is 0 Å². The largest absolute Gasteiger partial charge is 0.481 e. The number of carbonyl (C=O) groups excluding carboxylic acids is 4. The number of carbonyl (C=O) groups is 6. The van der Waals surface area contributed by atoms with Gasteiger partial charge in [0.25, 0.3) is 0 Å². The molecule has 13 nitrogen and oxygen atoms in total. The Hall–Kier alpha value is -4.00. The van der Waals surface area contributed by atoms with Crippen molar-refractivity contribution < 1.29 is 39.0 Å². The van der Waals surface area contributed by atoms with Crippen molar-refractivity contribution in [3.8, 4) is 0 Å². The Balaban J connectivity index is 2.98. The SMILES string of the molecule is CC(C)C(NC(=O)C(CCC(N)=O)NC(=O)C(N)CC(=O)O)C(=O)NC(Cc1ccccc1)C(=O)O. The molecule has 4 atom stereocenters. The fraction of sp³-hybridized carbons (Fsp3) is 0.478. The molecule has 0 aliphatic carbocycles. The number of hydrogen-bond donors (Lipinski definition) is 7. The molecule has 1 rings (SSSR count). The van der Waals surface area contributed by atoms with Crippen molar-refractivity contribution in [2.45, 2.75) is 63.7 Å². The number of hydrogen-bond acceptors (Lipinski definition) is 7. The lowest BCUT2D eigenvalue weighted by atomic mass is 10.00. The number of amides is 4. The van der Waals surface area contributed by atoms with Gasteiger partial charge in [0, 0.05) is 12.8 Å². The van der Waals surface area contributed by atoms with E-state index in [4.69, 9.17) is 16.6 Å². The minimum atomic E-state index is -1.45. The van der Waals surface area contributed by atoms with Gasteiger partial charge in [0.1, 0.15) is 18.1 Å². The summed E-state index contributed by atoms with van der Waals surface area (Å²) in [7, 11) is 0. The average molecular weight is 508 g/mol. The lowest BCUT2D eigenvalue weighted by Gasteiger charge is -2.27. The smallest absolute Gasteiger partial charge is 0.326 e. The van der Waals surface area contributed by atoms with E-state index in [2.05, 4.69) is 16.0 Å². The van der Waals surface area contributed by atoms with E-state index < -0.39 is 72.1 Å². The zero-order valence-corrected chi connectivity index (χ0v) is 20.1. The lowest BCUT2D eigenvalue weighted by molar-refractivity contribution is -0.142. The monoisotopic (exact) mass is 507 g/mol. The third-order valence-electron chi connectivity index (χ3n) is 5.19. The maximum atomic E-state index is 12.9. The molecule has 0 saturated heterocycles. The molecular formula is C23H33N5O8. The molecule has 0 aliphatic heterocycles. The van der Waals surface area contributed by atoms with Crippen molar-refractivity contribution in [3.05, 3.63) is 35.9 Å². The van der Waals surface area contributed by atoms with Gasteiger partial charge in [0.15, 0.2) is 0 Å². The van der Waals surface area contributed by atoms with E-state index in [0.717, 1.165) is 0 Å². The molecule has 0 radical (unpaired) electrons. The van der Waals surface area contributed by atoms with Gasteiger partial charge in [0.2, 0.25) is 23.6 Å². The molecule has 0 fully saturated rings. The van der Waals surface area contributed by atoms with Crippen molar-refractivity contribution in [1.29, 1.82) is 0 Å². The van der Waals surface area contributed by atoms with E-state index in [9.17, 15) is 33.9 Å². The molecule has 0 spiro atoms. The van der Waals surface area contributed by atoms with Crippen molar-refractivity contribution in [3.63, 3.8) is 0 Å². The van der Waals surface area contributed by atoms with Gasteiger partial charge in [-0.2, -0.15) is 0 Å². The van der Waals surface area contributed by atoms with Crippen LogP contribution in [0.5, 0.6) is 0 Å². The summed E-state index contributed by atoms with van der Waals surface area (Å²) in [6.45, 7) is 3.24. The van der Waals surface area contributed by atoms with Crippen molar-refractivity contribution in [2.75, 3.05) is 0 Å². The van der Waals surface area contributed by atoms with Crippen molar-refractivity contribution in [1.82, 2.24) is 16.0 Å². The van der Waals surface area contributed by atoms with E-state index in [1.54, 1.807) is 44.2 Å². The van der Waals surface area contributed by atoms with Crippen LogP contribution >= 0.6 is 0 Å². The molecule has 0 saturated carbocycles. The number of carboxylic acid groups (broad SMARTS) is 2. The Morgan fingerprint density at radius 3 is 1.94 bits per heavy atom. The molecule has 36 heavy (non-hydrogen) atoms. The van der Waals surface area contributed by atoms with Crippen molar-refractivity contribution >= 4 is 35.6 Å². The zero-order valence-electron chi connectivity index (χ0n) is 20.1. The second kappa shape index (κ2) is 14.4. The predicted octanol–water partition coefficient (Wildman–Crippen LogP) is -1.51. The van der Waals surface area contributed by atoms with E-state index in [1.807, 2.05) is 0 Å². The Labute approximate surface area is 208 Å². The summed E-state index contributed by atoms with van der Waals surface area (Å²) in [5.74, 6) is -6.38. The van der Waals surface area contributed by atoms with Gasteiger partial charge in [-0.25, -0.2) is 4.79 Å². The van der Waals surface area contributed by atoms with Crippen LogP contribution in [0.2, 0.25) is 0 Å². The molecule has 13 heteroatoms. The minimum absolute atomic E-state index is 0.0133. The highest BCUT2D eigenvalue weighted by Gasteiger charge is 2.32. The van der Waals surface area contributed by atoms with E-state index in [1.165, 1.54) is 0 Å². The first-order valence-electron chi connectivity index (χ1n) is 11.2. The Morgan fingerprint density at radius 2 is 1.44 bits per heavy atom. The number of benzene rings is 1. The molecule has 4 amide bonds. The number of nitrogens with one attached hydrogen (secondary N) is 3. The number of primary amides is 1. The second-order valence-corrected chi connectivity index (χ2v) is 8.59. The molecule has 1 aromatic rings. The highest BCUT2D eigenvalue weighted by atomic mass is 16.4. The van der Waals surface area contributed by atoms with Gasteiger partial charge >= 0.3 is 11.9 Å². The zero-order chi connectivity index (χ0) is 27.4. The maximum Gasteiger partial charge on any atom is 0.326 e. The highest BCUT2D eigenvalue weighted by Crippen LogP contribution is 2.08. The molecular weight excluding hydrogens is 474 g/mol. The van der Waals surface area contributed by atoms with Crippen LogP contribution in [-0.4, -0.2) is 69.9 Å². The third-order valence-corrected chi connectivity index (χ3v) is 5.19. The van der Waals surface area contributed by atoms with E-state index in [-0.39, 0.29) is 19.3 Å². The van der Waals surface area contributed by atoms with Crippen LogP contribution in [0.15, 0.2) is 30.3 Å². The fourth-order valence-electron chi connectivity index (χ4n) is 3.22. The molecule has 0 aliphatic rings.